The van der Waals surface area contributed by atoms with Crippen molar-refractivity contribution in [3.05, 3.63) is 65.1 Å². The first kappa shape index (κ1) is 38.0. The zero-order valence-corrected chi connectivity index (χ0v) is 28.4. The molecule has 0 saturated heterocycles. The fourth-order valence-corrected chi connectivity index (χ4v) is 5.47. The second-order valence-corrected chi connectivity index (χ2v) is 13.2. The molecular weight excluding hydrogens is 664 g/mol. The van der Waals surface area contributed by atoms with Crippen LogP contribution in [0.4, 0.5) is 22.4 Å². The Morgan fingerprint density at radius 3 is 2.38 bits per heavy atom. The van der Waals surface area contributed by atoms with E-state index in [1.165, 1.54) is 31.2 Å². The van der Waals surface area contributed by atoms with Crippen molar-refractivity contribution in [3.8, 4) is 23.0 Å². The fraction of sp³-hybridized carbons (Fsp3) is 0.486. The summed E-state index contributed by atoms with van der Waals surface area (Å²) >= 11 is 0. The molecule has 4 rings (SSSR count). The zero-order valence-electron chi connectivity index (χ0n) is 28.4. The SMILES string of the molecule is CC(C)(C)C(C)(OC(N)=O)c1oc(-c2ccc(OC(F)F)c(OCCCCC(=O)NC3CCCC3)c2)nc1C(=O)NCc1ccc(F)cc1F. The Balaban J connectivity index is 1.61. The van der Waals surface area contributed by atoms with E-state index in [1.807, 2.05) is 0 Å². The van der Waals surface area contributed by atoms with Crippen LogP contribution in [0.25, 0.3) is 11.5 Å². The lowest BCUT2D eigenvalue weighted by molar-refractivity contribution is -0.121. The zero-order chi connectivity index (χ0) is 36.6. The Morgan fingerprint density at radius 2 is 1.74 bits per heavy atom. The van der Waals surface area contributed by atoms with Crippen molar-refractivity contribution >= 4 is 17.9 Å². The molecule has 1 atom stereocenters. The third-order valence-corrected chi connectivity index (χ3v) is 8.65. The van der Waals surface area contributed by atoms with Crippen molar-refractivity contribution in [1.29, 1.82) is 0 Å². The summed E-state index contributed by atoms with van der Waals surface area (Å²) < 4.78 is 76.3. The van der Waals surface area contributed by atoms with Crippen molar-refractivity contribution in [2.75, 3.05) is 6.61 Å². The molecule has 2 aromatic carbocycles. The molecule has 1 heterocycles. The van der Waals surface area contributed by atoms with E-state index >= 15 is 0 Å². The van der Waals surface area contributed by atoms with Gasteiger partial charge in [-0.3, -0.25) is 9.59 Å². The predicted molar refractivity (Wildman–Crippen MR) is 173 cm³/mol. The Bertz CT molecular complexity index is 1670. The van der Waals surface area contributed by atoms with Crippen LogP contribution in [0.5, 0.6) is 11.5 Å². The fourth-order valence-electron chi connectivity index (χ4n) is 5.47. The molecular formula is C35H42F4N4O7. The van der Waals surface area contributed by atoms with E-state index in [4.69, 9.17) is 19.6 Å². The van der Waals surface area contributed by atoms with E-state index in [0.717, 1.165) is 31.7 Å². The van der Waals surface area contributed by atoms with Gasteiger partial charge in [-0.25, -0.2) is 18.6 Å². The van der Waals surface area contributed by atoms with Gasteiger partial charge in [0.05, 0.1) is 6.61 Å². The van der Waals surface area contributed by atoms with Gasteiger partial charge < -0.3 is 35.0 Å². The number of rotatable bonds is 15. The molecule has 0 spiro atoms. The second-order valence-electron chi connectivity index (χ2n) is 13.2. The first-order valence-corrected chi connectivity index (χ1v) is 16.3. The van der Waals surface area contributed by atoms with Gasteiger partial charge >= 0.3 is 12.7 Å². The lowest BCUT2D eigenvalue weighted by atomic mass is 9.75. The van der Waals surface area contributed by atoms with Crippen molar-refractivity contribution in [1.82, 2.24) is 15.6 Å². The largest absolute Gasteiger partial charge is 0.490 e. The Morgan fingerprint density at radius 1 is 1.02 bits per heavy atom. The molecule has 11 nitrogen and oxygen atoms in total. The standard InChI is InChI=1S/C35H42F4N4O7/c1-34(2,3)35(4,50-33(40)46)29-28(30(45)41-19-21-12-14-22(36)18-24(21)37)43-31(49-29)20-13-15-25(48-32(38)39)26(17-20)47-16-8-7-11-27(44)42-23-9-5-6-10-23/h12-15,17-18,23,32H,5-11,16,19H2,1-4H3,(H2,40,46)(H,41,45)(H,42,44). The number of oxazole rings is 1. The van der Waals surface area contributed by atoms with Gasteiger partial charge in [-0.15, -0.1) is 0 Å². The molecule has 15 heteroatoms. The molecule has 1 aromatic heterocycles. The summed E-state index contributed by atoms with van der Waals surface area (Å²) in [5.74, 6) is -3.32. The number of benzene rings is 2. The molecule has 0 aliphatic heterocycles. The maximum absolute atomic E-state index is 14.3. The molecule has 0 bridgehead atoms. The number of nitrogens with two attached hydrogens (primary N) is 1. The number of unbranched alkanes of at least 4 members (excludes halogenated alkanes) is 1. The number of alkyl halides is 2. The molecule has 3 aromatic rings. The number of primary amides is 1. The summed E-state index contributed by atoms with van der Waals surface area (Å²) in [5.41, 5.74) is 2.62. The number of carbonyl (C=O) groups excluding carboxylic acids is 3. The number of carbonyl (C=O) groups is 3. The van der Waals surface area contributed by atoms with Gasteiger partial charge in [0.15, 0.2) is 28.6 Å². The summed E-state index contributed by atoms with van der Waals surface area (Å²) in [4.78, 5) is 42.2. The Hall–Kier alpha value is -4.82. The predicted octanol–water partition coefficient (Wildman–Crippen LogP) is 7.12. The summed E-state index contributed by atoms with van der Waals surface area (Å²) in [5, 5.41) is 5.53. The first-order chi connectivity index (χ1) is 23.6. The maximum atomic E-state index is 14.3. The minimum atomic E-state index is -3.16. The van der Waals surface area contributed by atoms with Gasteiger partial charge in [0.25, 0.3) is 5.91 Å². The second kappa shape index (κ2) is 16.3. The minimum absolute atomic E-state index is 0.0113. The van der Waals surface area contributed by atoms with Gasteiger partial charge in [0, 0.05) is 41.6 Å². The van der Waals surface area contributed by atoms with Crippen LogP contribution in [0.3, 0.4) is 0 Å². The van der Waals surface area contributed by atoms with E-state index in [1.54, 1.807) is 20.8 Å². The molecule has 3 amide bonds. The quantitative estimate of drug-likeness (QED) is 0.112. The lowest BCUT2D eigenvalue weighted by Crippen LogP contribution is -2.44. The number of nitrogens with one attached hydrogen (secondary N) is 2. The van der Waals surface area contributed by atoms with E-state index < -0.39 is 41.3 Å². The number of hydrogen-bond donors (Lipinski definition) is 3. The van der Waals surface area contributed by atoms with Crippen LogP contribution in [0.2, 0.25) is 0 Å². The van der Waals surface area contributed by atoms with Crippen LogP contribution in [0, 0.1) is 17.0 Å². The number of halogens is 4. The topological polar surface area (TPSA) is 155 Å². The molecule has 1 unspecified atom stereocenters. The van der Waals surface area contributed by atoms with Crippen molar-refractivity contribution in [2.24, 2.45) is 11.1 Å². The monoisotopic (exact) mass is 706 g/mol. The highest BCUT2D eigenvalue weighted by Crippen LogP contribution is 2.45. The number of amides is 3. The molecule has 1 aliphatic carbocycles. The van der Waals surface area contributed by atoms with Crippen molar-refractivity contribution < 1.29 is 50.6 Å². The van der Waals surface area contributed by atoms with E-state index in [-0.39, 0.29) is 71.5 Å². The summed E-state index contributed by atoms with van der Waals surface area (Å²) in [6, 6.07) is 7.00. The van der Waals surface area contributed by atoms with Crippen molar-refractivity contribution in [3.63, 3.8) is 0 Å². The number of nitrogens with zero attached hydrogens (tertiary/aromatic N) is 1. The minimum Gasteiger partial charge on any atom is -0.490 e. The van der Waals surface area contributed by atoms with Crippen LogP contribution in [-0.2, 0) is 21.7 Å². The summed E-state index contributed by atoms with van der Waals surface area (Å²) in [6.45, 7) is 3.14. The van der Waals surface area contributed by atoms with Crippen LogP contribution in [-0.4, -0.2) is 42.2 Å². The Labute approximate surface area is 287 Å². The molecule has 1 fully saturated rings. The highest BCUT2D eigenvalue weighted by molar-refractivity contribution is 5.94. The highest BCUT2D eigenvalue weighted by atomic mass is 19.3. The van der Waals surface area contributed by atoms with Crippen LogP contribution in [0.15, 0.2) is 40.8 Å². The van der Waals surface area contributed by atoms with Crippen molar-refractivity contribution in [2.45, 2.75) is 97.4 Å². The van der Waals surface area contributed by atoms with E-state index in [2.05, 4.69) is 20.4 Å². The summed E-state index contributed by atoms with van der Waals surface area (Å²) in [6.07, 6.45) is 4.20. The highest BCUT2D eigenvalue weighted by Gasteiger charge is 2.49. The average Bonchev–Trinajstić information content (AvgIpc) is 3.71. The molecule has 1 saturated carbocycles. The molecule has 0 radical (unpaired) electrons. The number of aromatic nitrogens is 1. The van der Waals surface area contributed by atoms with Gasteiger partial charge in [-0.05, 0) is 56.9 Å². The Kier molecular flexibility index (Phi) is 12.4. The molecule has 4 N–H and O–H groups in total. The molecule has 272 valence electrons. The number of hydrogen-bond acceptors (Lipinski definition) is 8. The summed E-state index contributed by atoms with van der Waals surface area (Å²) in [7, 11) is 0. The van der Waals surface area contributed by atoms with Gasteiger partial charge in [-0.2, -0.15) is 8.78 Å². The van der Waals surface area contributed by atoms with E-state index in [0.29, 0.717) is 18.9 Å². The smallest absolute Gasteiger partial charge is 0.405 e. The average molecular weight is 707 g/mol. The van der Waals surface area contributed by atoms with E-state index in [9.17, 15) is 31.9 Å². The van der Waals surface area contributed by atoms with Gasteiger partial charge in [0.2, 0.25) is 11.8 Å². The number of ether oxygens (including phenoxy) is 3. The normalized spacial score (nSPS) is 14.7. The third-order valence-electron chi connectivity index (χ3n) is 8.65. The molecule has 1 aliphatic rings. The van der Waals surface area contributed by atoms with Crippen LogP contribution < -0.4 is 25.8 Å². The lowest BCUT2D eigenvalue weighted by Gasteiger charge is -2.38. The third kappa shape index (κ3) is 9.66. The molecule has 50 heavy (non-hydrogen) atoms. The van der Waals surface area contributed by atoms with Gasteiger partial charge in [-0.1, -0.05) is 39.7 Å². The first-order valence-electron chi connectivity index (χ1n) is 16.3. The van der Waals surface area contributed by atoms with Gasteiger partial charge in [0.1, 0.15) is 11.6 Å². The maximum Gasteiger partial charge on any atom is 0.405 e. The van der Waals surface area contributed by atoms with Crippen LogP contribution in [0.1, 0.15) is 94.5 Å². The van der Waals surface area contributed by atoms with Crippen LogP contribution >= 0.6 is 0 Å².